The molecular formula is C30H42P4. The van der Waals surface area contributed by atoms with E-state index in [-0.39, 0.29) is 31.7 Å². The van der Waals surface area contributed by atoms with Gasteiger partial charge in [-0.05, 0) is 34.4 Å². The molecule has 0 nitrogen and oxygen atoms in total. The van der Waals surface area contributed by atoms with Gasteiger partial charge < -0.3 is 0 Å². The maximum Gasteiger partial charge on any atom is 0.00172 e. The molecule has 0 aliphatic carbocycles. The summed E-state index contributed by atoms with van der Waals surface area (Å²) in [5.74, 6) is 0. The number of benzene rings is 3. The van der Waals surface area contributed by atoms with Crippen LogP contribution >= 0.6 is 31.7 Å². The Hall–Kier alpha value is -0.620. The Morgan fingerprint density at radius 1 is 0.441 bits per heavy atom. The van der Waals surface area contributed by atoms with Crippen molar-refractivity contribution in [3.8, 4) is 0 Å². The summed E-state index contributed by atoms with van der Waals surface area (Å²) in [5, 5.41) is 7.09. The Bertz CT molecular complexity index is 820. The molecule has 6 atom stereocenters. The molecule has 6 unspecified atom stereocenters. The number of hydrogen-bond donors (Lipinski definition) is 0. The number of hydrogen-bond acceptors (Lipinski definition) is 0. The molecule has 0 fully saturated rings. The summed E-state index contributed by atoms with van der Waals surface area (Å²) in [4.78, 5) is 0. The lowest BCUT2D eigenvalue weighted by atomic mass is 10.4. The lowest BCUT2D eigenvalue weighted by Crippen LogP contribution is -2.24. The maximum absolute atomic E-state index is 2.63. The standard InChI is InChI=1S/C30H42P4/c1-7-31(28-19-13-10-14-20-28)25(4)34(26(5)32(8-2)29-21-15-11-16-22-29)27(6)33(9-3)30-23-17-12-18-24-30/h10-27H,7-9H2,1-6H3. The van der Waals surface area contributed by atoms with Crippen molar-refractivity contribution in [2.75, 3.05) is 18.5 Å². The predicted octanol–water partition coefficient (Wildman–Crippen LogP) is 8.99. The van der Waals surface area contributed by atoms with Gasteiger partial charge in [0.05, 0.1) is 0 Å². The second-order valence-corrected chi connectivity index (χ2v) is 21.7. The average Bonchev–Trinajstić information content (AvgIpc) is 2.87. The Labute approximate surface area is 214 Å². The lowest BCUT2D eigenvalue weighted by molar-refractivity contribution is 1.19. The minimum atomic E-state index is -0.167. The van der Waals surface area contributed by atoms with Crippen LogP contribution in [0.2, 0.25) is 0 Å². The summed E-state index contributed by atoms with van der Waals surface area (Å²) in [6.45, 7) is 15.2. The van der Waals surface area contributed by atoms with Gasteiger partial charge >= 0.3 is 0 Å². The van der Waals surface area contributed by atoms with E-state index in [1.807, 2.05) is 0 Å². The van der Waals surface area contributed by atoms with Gasteiger partial charge in [0, 0.05) is 16.2 Å². The van der Waals surface area contributed by atoms with E-state index in [1.54, 1.807) is 15.9 Å². The molecule has 3 aromatic carbocycles. The van der Waals surface area contributed by atoms with E-state index in [9.17, 15) is 0 Å². The molecule has 0 aliphatic heterocycles. The fourth-order valence-corrected chi connectivity index (χ4v) is 23.9. The summed E-state index contributed by atoms with van der Waals surface area (Å²) in [5.41, 5.74) is 0. The molecule has 0 heterocycles. The van der Waals surface area contributed by atoms with E-state index in [4.69, 9.17) is 0 Å². The highest BCUT2D eigenvalue weighted by Crippen LogP contribution is 2.73. The third kappa shape index (κ3) is 6.78. The first kappa shape index (κ1) is 28.0. The van der Waals surface area contributed by atoms with E-state index in [0.717, 1.165) is 16.2 Å². The van der Waals surface area contributed by atoms with Gasteiger partial charge in [0.15, 0.2) is 0 Å². The van der Waals surface area contributed by atoms with Gasteiger partial charge in [-0.2, -0.15) is 0 Å². The van der Waals surface area contributed by atoms with Gasteiger partial charge in [0.25, 0.3) is 0 Å². The summed E-state index contributed by atoms with van der Waals surface area (Å²) >= 11 is 0. The molecule has 0 spiro atoms. The first-order valence-corrected chi connectivity index (χ1v) is 19.1. The quantitative estimate of drug-likeness (QED) is 0.207. The molecular weight excluding hydrogens is 484 g/mol. The third-order valence-electron chi connectivity index (χ3n) is 6.93. The van der Waals surface area contributed by atoms with Gasteiger partial charge in [-0.3, -0.25) is 0 Å². The molecule has 0 N–H and O–H groups in total. The minimum Gasteiger partial charge on any atom is -0.0838 e. The smallest absolute Gasteiger partial charge is 0.00172 e. The van der Waals surface area contributed by atoms with Crippen LogP contribution in [0.25, 0.3) is 0 Å². The Morgan fingerprint density at radius 2 is 0.676 bits per heavy atom. The van der Waals surface area contributed by atoms with Crippen molar-refractivity contribution in [2.45, 2.75) is 57.7 Å². The third-order valence-corrected chi connectivity index (χ3v) is 22.1. The van der Waals surface area contributed by atoms with Crippen molar-refractivity contribution < 1.29 is 0 Å². The van der Waals surface area contributed by atoms with Gasteiger partial charge in [0.1, 0.15) is 0 Å². The van der Waals surface area contributed by atoms with Crippen molar-refractivity contribution in [1.29, 1.82) is 0 Å². The largest absolute Gasteiger partial charge is 0.0838 e. The monoisotopic (exact) mass is 526 g/mol. The van der Waals surface area contributed by atoms with Crippen LogP contribution in [0.1, 0.15) is 41.5 Å². The van der Waals surface area contributed by atoms with Crippen LogP contribution in [0.5, 0.6) is 0 Å². The van der Waals surface area contributed by atoms with Crippen LogP contribution in [0.4, 0.5) is 0 Å². The van der Waals surface area contributed by atoms with Gasteiger partial charge in [-0.15, -0.1) is 0 Å². The average molecular weight is 527 g/mol. The fourth-order valence-electron chi connectivity index (χ4n) is 5.27. The number of rotatable bonds is 12. The van der Waals surface area contributed by atoms with E-state index in [1.165, 1.54) is 18.5 Å². The Balaban J connectivity index is 2.04. The lowest BCUT2D eigenvalue weighted by Gasteiger charge is -2.45. The van der Waals surface area contributed by atoms with Crippen molar-refractivity contribution in [3.63, 3.8) is 0 Å². The second kappa shape index (κ2) is 14.2. The molecule has 0 aliphatic rings. The molecule has 0 saturated carbocycles. The van der Waals surface area contributed by atoms with Crippen molar-refractivity contribution >= 4 is 47.6 Å². The molecule has 4 heteroatoms. The highest BCUT2D eigenvalue weighted by molar-refractivity contribution is 7.92. The Morgan fingerprint density at radius 3 is 0.882 bits per heavy atom. The van der Waals surface area contributed by atoms with E-state index in [2.05, 4.69) is 133 Å². The molecule has 0 bridgehead atoms. The molecule has 3 rings (SSSR count). The van der Waals surface area contributed by atoms with Crippen LogP contribution in [0, 0.1) is 0 Å². The van der Waals surface area contributed by atoms with Crippen LogP contribution in [-0.2, 0) is 0 Å². The van der Waals surface area contributed by atoms with Crippen molar-refractivity contribution in [1.82, 2.24) is 0 Å². The molecule has 0 saturated heterocycles. The van der Waals surface area contributed by atoms with Gasteiger partial charge in [-0.25, -0.2) is 0 Å². The summed E-state index contributed by atoms with van der Waals surface area (Å²) in [6.07, 6.45) is 3.84. The molecule has 3 aromatic rings. The van der Waals surface area contributed by atoms with Crippen LogP contribution < -0.4 is 15.9 Å². The summed E-state index contributed by atoms with van der Waals surface area (Å²) < 4.78 is 0. The van der Waals surface area contributed by atoms with E-state index >= 15 is 0 Å². The predicted molar refractivity (Wildman–Crippen MR) is 166 cm³/mol. The molecule has 0 aromatic heterocycles. The fraction of sp³-hybridized carbons (Fsp3) is 0.400. The van der Waals surface area contributed by atoms with Crippen molar-refractivity contribution in [2.24, 2.45) is 0 Å². The minimum absolute atomic E-state index is 0.164. The normalized spacial score (nSPS) is 17.8. The first-order valence-electron chi connectivity index (χ1n) is 12.8. The highest BCUT2D eigenvalue weighted by atomic mass is 31.2. The van der Waals surface area contributed by atoms with Crippen LogP contribution in [0.15, 0.2) is 91.0 Å². The molecule has 0 amide bonds. The van der Waals surface area contributed by atoms with E-state index < -0.39 is 0 Å². The molecule has 34 heavy (non-hydrogen) atoms. The van der Waals surface area contributed by atoms with E-state index in [0.29, 0.717) is 0 Å². The van der Waals surface area contributed by atoms with Crippen LogP contribution in [-0.4, -0.2) is 34.7 Å². The molecule has 0 radical (unpaired) electrons. The van der Waals surface area contributed by atoms with Gasteiger partial charge in [-0.1, -0.05) is 164 Å². The second-order valence-electron chi connectivity index (χ2n) is 8.71. The SMILES string of the molecule is CCP(c1ccccc1)C(C)P(C(C)P(CC)c1ccccc1)C(C)P(CC)c1ccccc1. The summed E-state index contributed by atoms with van der Waals surface area (Å²) in [7, 11) is -0.665. The molecule has 182 valence electrons. The first-order chi connectivity index (χ1) is 16.5. The van der Waals surface area contributed by atoms with Gasteiger partial charge in [0.2, 0.25) is 0 Å². The van der Waals surface area contributed by atoms with Crippen LogP contribution in [0.3, 0.4) is 0 Å². The summed E-state index contributed by atoms with van der Waals surface area (Å²) in [6, 6.07) is 34.4. The van der Waals surface area contributed by atoms with Crippen molar-refractivity contribution in [3.05, 3.63) is 91.0 Å². The zero-order valence-corrected chi connectivity index (χ0v) is 25.4. The zero-order chi connectivity index (χ0) is 24.5. The Kier molecular flexibility index (Phi) is 11.7. The topological polar surface area (TPSA) is 0 Å². The zero-order valence-electron chi connectivity index (χ0n) is 21.8. The highest BCUT2D eigenvalue weighted by Gasteiger charge is 2.39. The maximum atomic E-state index is 2.63.